The fraction of sp³-hybridized carbons (Fsp3) is 0.467. The predicted molar refractivity (Wildman–Crippen MR) is 79.3 cm³/mol. The van der Waals surface area contributed by atoms with Gasteiger partial charge in [-0.3, -0.25) is 4.99 Å². The van der Waals surface area contributed by atoms with E-state index >= 15 is 0 Å². The summed E-state index contributed by atoms with van der Waals surface area (Å²) in [5, 5.41) is 0. The maximum atomic E-state index is 13.4. The maximum absolute atomic E-state index is 13.4. The Morgan fingerprint density at radius 2 is 1.95 bits per heavy atom. The molecular formula is C15H16F3NO2S. The lowest BCUT2D eigenvalue weighted by Crippen LogP contribution is -2.46. The van der Waals surface area contributed by atoms with Crippen LogP contribution in [0.3, 0.4) is 0 Å². The van der Waals surface area contributed by atoms with E-state index in [1.54, 1.807) is 12.1 Å². The zero-order valence-corrected chi connectivity index (χ0v) is 13.2. The van der Waals surface area contributed by atoms with Gasteiger partial charge in [0.25, 0.3) is 0 Å². The summed E-state index contributed by atoms with van der Waals surface area (Å²) in [5.74, 6) is -0.962. The first-order chi connectivity index (χ1) is 10.2. The summed E-state index contributed by atoms with van der Waals surface area (Å²) in [7, 11) is 1.07. The van der Waals surface area contributed by atoms with Crippen molar-refractivity contribution in [2.75, 3.05) is 13.4 Å². The Morgan fingerprint density at radius 3 is 2.41 bits per heavy atom. The highest BCUT2D eigenvalue weighted by Crippen LogP contribution is 2.49. The molecule has 0 amide bonds. The number of nitrogens with zero attached hydrogens (tertiary/aromatic N) is 1. The van der Waals surface area contributed by atoms with Gasteiger partial charge in [0.1, 0.15) is 5.41 Å². The normalized spacial score (nSPS) is 25.0. The Kier molecular flexibility index (Phi) is 4.56. The van der Waals surface area contributed by atoms with Crippen LogP contribution in [0.5, 0.6) is 0 Å². The zero-order chi connectivity index (χ0) is 16.5. The molecule has 1 aromatic carbocycles. The number of thioether (sulfide) groups is 1. The van der Waals surface area contributed by atoms with E-state index in [1.165, 1.54) is 11.8 Å². The smallest absolute Gasteiger partial charge is 0.397 e. The van der Waals surface area contributed by atoms with Crippen LogP contribution in [0.2, 0.25) is 0 Å². The minimum Gasteiger partial charge on any atom is -0.467 e. The van der Waals surface area contributed by atoms with Crippen molar-refractivity contribution in [3.63, 3.8) is 0 Å². The van der Waals surface area contributed by atoms with Crippen LogP contribution in [0.25, 0.3) is 0 Å². The summed E-state index contributed by atoms with van der Waals surface area (Å²) in [6.45, 7) is 1.02. The minimum atomic E-state index is -4.55. The SMILES string of the molecule is COC(=O)[C@H]1N=C(c2ccc(SC)cc2)C[C@]1(C)C(F)(F)F. The number of esters is 1. The average Bonchev–Trinajstić information content (AvgIpc) is 2.85. The lowest BCUT2D eigenvalue weighted by atomic mass is 9.79. The molecule has 0 fully saturated rings. The van der Waals surface area contributed by atoms with Crippen LogP contribution in [-0.4, -0.2) is 37.3 Å². The number of halogens is 3. The number of carbonyl (C=O) groups excluding carboxylic acids is 1. The van der Waals surface area contributed by atoms with Crippen molar-refractivity contribution in [1.29, 1.82) is 0 Å². The molecule has 0 aromatic heterocycles. The molecule has 1 heterocycles. The monoisotopic (exact) mass is 331 g/mol. The van der Waals surface area contributed by atoms with E-state index in [1.807, 2.05) is 18.4 Å². The van der Waals surface area contributed by atoms with E-state index in [9.17, 15) is 18.0 Å². The van der Waals surface area contributed by atoms with Crippen molar-refractivity contribution in [2.24, 2.45) is 10.4 Å². The lowest BCUT2D eigenvalue weighted by Gasteiger charge is -2.30. The van der Waals surface area contributed by atoms with E-state index in [0.717, 1.165) is 18.9 Å². The lowest BCUT2D eigenvalue weighted by molar-refractivity contribution is -0.222. The van der Waals surface area contributed by atoms with Crippen LogP contribution in [0.4, 0.5) is 13.2 Å². The van der Waals surface area contributed by atoms with E-state index < -0.39 is 23.6 Å². The molecule has 1 aromatic rings. The van der Waals surface area contributed by atoms with Gasteiger partial charge >= 0.3 is 12.1 Å². The zero-order valence-electron chi connectivity index (χ0n) is 12.4. The second kappa shape index (κ2) is 5.95. The van der Waals surface area contributed by atoms with Crippen molar-refractivity contribution in [1.82, 2.24) is 0 Å². The van der Waals surface area contributed by atoms with E-state index in [0.29, 0.717) is 5.56 Å². The van der Waals surface area contributed by atoms with Gasteiger partial charge < -0.3 is 4.74 Å². The Balaban J connectivity index is 2.40. The molecule has 2 atom stereocenters. The molecule has 0 radical (unpaired) electrons. The van der Waals surface area contributed by atoms with Gasteiger partial charge in [-0.15, -0.1) is 11.8 Å². The second-order valence-electron chi connectivity index (χ2n) is 5.32. The molecular weight excluding hydrogens is 315 g/mol. The molecule has 2 rings (SSSR count). The molecule has 22 heavy (non-hydrogen) atoms. The molecule has 7 heteroatoms. The van der Waals surface area contributed by atoms with Gasteiger partial charge in [0.15, 0.2) is 6.04 Å². The second-order valence-corrected chi connectivity index (χ2v) is 6.20. The van der Waals surface area contributed by atoms with Crippen LogP contribution in [0, 0.1) is 5.41 Å². The maximum Gasteiger partial charge on any atom is 0.397 e. The first-order valence-electron chi connectivity index (χ1n) is 6.58. The Labute approximate surface area is 131 Å². The molecule has 0 spiro atoms. The fourth-order valence-corrected chi connectivity index (χ4v) is 2.84. The topological polar surface area (TPSA) is 38.7 Å². The van der Waals surface area contributed by atoms with Gasteiger partial charge in [-0.05, 0) is 30.9 Å². The van der Waals surface area contributed by atoms with Crippen LogP contribution in [-0.2, 0) is 9.53 Å². The third-order valence-electron chi connectivity index (χ3n) is 3.92. The number of hydrogen-bond donors (Lipinski definition) is 0. The highest BCUT2D eigenvalue weighted by Gasteiger charge is 2.62. The quantitative estimate of drug-likeness (QED) is 0.626. The van der Waals surface area contributed by atoms with Gasteiger partial charge in [0.2, 0.25) is 0 Å². The minimum absolute atomic E-state index is 0.280. The third-order valence-corrected chi connectivity index (χ3v) is 4.66. The van der Waals surface area contributed by atoms with Crippen molar-refractivity contribution < 1.29 is 22.7 Å². The summed E-state index contributed by atoms with van der Waals surface area (Å²) in [6.07, 6.45) is -2.97. The van der Waals surface area contributed by atoms with E-state index in [-0.39, 0.29) is 12.1 Å². The largest absolute Gasteiger partial charge is 0.467 e. The standard InChI is InChI=1S/C15H16F3NO2S/c1-14(15(16,17)18)8-11(19-12(14)13(20)21-2)9-4-6-10(22-3)7-5-9/h4-7,12H,8H2,1-3H3/t12-,14+/m1/s1. The molecule has 0 unspecified atom stereocenters. The van der Waals surface area contributed by atoms with Crippen LogP contribution < -0.4 is 0 Å². The first kappa shape index (κ1) is 16.9. The number of carbonyl (C=O) groups is 1. The van der Waals surface area contributed by atoms with Gasteiger partial charge in [-0.2, -0.15) is 13.2 Å². The number of aliphatic imine (C=N–C) groups is 1. The van der Waals surface area contributed by atoms with Gasteiger partial charge in [-0.25, -0.2) is 4.79 Å². The Bertz CT molecular complexity index is 598. The Morgan fingerprint density at radius 1 is 1.36 bits per heavy atom. The number of benzene rings is 1. The van der Waals surface area contributed by atoms with E-state index in [2.05, 4.69) is 9.73 Å². The molecule has 120 valence electrons. The van der Waals surface area contributed by atoms with Crippen molar-refractivity contribution in [2.45, 2.75) is 30.5 Å². The van der Waals surface area contributed by atoms with Crippen molar-refractivity contribution in [3.8, 4) is 0 Å². The van der Waals surface area contributed by atoms with E-state index in [4.69, 9.17) is 0 Å². The molecule has 1 aliphatic rings. The van der Waals surface area contributed by atoms with Gasteiger partial charge in [0.05, 0.1) is 7.11 Å². The molecule has 3 nitrogen and oxygen atoms in total. The Hall–Kier alpha value is -1.50. The molecule has 0 N–H and O–H groups in total. The number of alkyl halides is 3. The molecule has 1 aliphatic heterocycles. The van der Waals surface area contributed by atoms with Crippen LogP contribution in [0.1, 0.15) is 18.9 Å². The molecule has 0 bridgehead atoms. The van der Waals surface area contributed by atoms with Crippen LogP contribution >= 0.6 is 11.8 Å². The molecule has 0 saturated carbocycles. The first-order valence-corrected chi connectivity index (χ1v) is 7.81. The van der Waals surface area contributed by atoms with Crippen LogP contribution in [0.15, 0.2) is 34.2 Å². The van der Waals surface area contributed by atoms with Gasteiger partial charge in [0, 0.05) is 17.0 Å². The van der Waals surface area contributed by atoms with Crippen molar-refractivity contribution >= 4 is 23.4 Å². The predicted octanol–water partition coefficient (Wildman–Crippen LogP) is 3.71. The summed E-state index contributed by atoms with van der Waals surface area (Å²) in [5.41, 5.74) is -1.37. The van der Waals surface area contributed by atoms with Crippen molar-refractivity contribution in [3.05, 3.63) is 29.8 Å². The number of hydrogen-bond acceptors (Lipinski definition) is 4. The summed E-state index contributed by atoms with van der Waals surface area (Å²) < 4.78 is 44.7. The third kappa shape index (κ3) is 2.86. The molecule has 0 saturated heterocycles. The number of ether oxygens (including phenoxy) is 1. The van der Waals surface area contributed by atoms with Gasteiger partial charge in [-0.1, -0.05) is 12.1 Å². The highest BCUT2D eigenvalue weighted by molar-refractivity contribution is 7.98. The average molecular weight is 331 g/mol. The number of methoxy groups -OCH3 is 1. The summed E-state index contributed by atoms with van der Waals surface area (Å²) in [6, 6.07) is 5.52. The molecule has 0 aliphatic carbocycles. The highest BCUT2D eigenvalue weighted by atomic mass is 32.2. The fourth-order valence-electron chi connectivity index (χ4n) is 2.43. The summed E-state index contributed by atoms with van der Waals surface area (Å²) in [4.78, 5) is 16.7. The summed E-state index contributed by atoms with van der Waals surface area (Å²) >= 11 is 1.54. The number of rotatable bonds is 3.